The van der Waals surface area contributed by atoms with Gasteiger partial charge in [-0.3, -0.25) is 4.57 Å². The van der Waals surface area contributed by atoms with Crippen LogP contribution in [0.2, 0.25) is 0 Å². The van der Waals surface area contributed by atoms with E-state index in [4.69, 9.17) is 60.4 Å². The second kappa shape index (κ2) is 16.3. The lowest BCUT2D eigenvalue weighted by Crippen LogP contribution is -2.60. The number of aliphatic hydroxyl groups excluding tert-OH is 4. The van der Waals surface area contributed by atoms with Crippen LogP contribution in [0.25, 0.3) is 0 Å². The molecular formula is C21H33Cl4N2O8P. The summed E-state index contributed by atoms with van der Waals surface area (Å²) in [6.45, 7) is 0.587. The average molecular weight is 614 g/mol. The first kappa shape index (κ1) is 32.3. The Morgan fingerprint density at radius 3 is 1.78 bits per heavy atom. The lowest BCUT2D eigenvalue weighted by Gasteiger charge is -2.39. The van der Waals surface area contributed by atoms with E-state index < -0.39 is 45.0 Å². The van der Waals surface area contributed by atoms with Gasteiger partial charge in [0.05, 0.1) is 13.2 Å². The van der Waals surface area contributed by atoms with Crippen molar-refractivity contribution >= 4 is 54.1 Å². The zero-order valence-electron chi connectivity index (χ0n) is 19.5. The summed E-state index contributed by atoms with van der Waals surface area (Å²) < 4.78 is 34.3. The molecule has 1 aliphatic heterocycles. The second-order valence-corrected chi connectivity index (χ2v) is 11.8. The Hall–Kier alpha value is 0.0900. The molecule has 208 valence electrons. The highest BCUT2D eigenvalue weighted by Gasteiger charge is 2.44. The van der Waals surface area contributed by atoms with E-state index in [-0.39, 0.29) is 30.1 Å². The summed E-state index contributed by atoms with van der Waals surface area (Å²) in [4.78, 5) is 0. The molecule has 1 aromatic carbocycles. The van der Waals surface area contributed by atoms with E-state index in [1.165, 1.54) is 0 Å². The first-order valence-corrected chi connectivity index (χ1v) is 15.0. The Balaban J connectivity index is 2.13. The minimum Gasteiger partial charge on any atom is -0.462 e. The average Bonchev–Trinajstić information content (AvgIpc) is 2.88. The molecule has 4 N–H and O–H groups in total. The molecule has 0 saturated carbocycles. The van der Waals surface area contributed by atoms with Crippen LogP contribution < -0.4 is 4.74 Å². The van der Waals surface area contributed by atoms with Gasteiger partial charge in [-0.1, -0.05) is 12.1 Å². The number of benzene rings is 1. The van der Waals surface area contributed by atoms with E-state index in [9.17, 15) is 25.0 Å². The number of hydrogen-bond donors (Lipinski definition) is 4. The molecule has 0 spiro atoms. The summed E-state index contributed by atoms with van der Waals surface area (Å²) >= 11 is 23.8. The van der Waals surface area contributed by atoms with Crippen LogP contribution in [0, 0.1) is 0 Å². The Morgan fingerprint density at radius 2 is 1.33 bits per heavy atom. The van der Waals surface area contributed by atoms with Gasteiger partial charge in [0.2, 0.25) is 6.29 Å². The van der Waals surface area contributed by atoms with Crippen molar-refractivity contribution in [1.82, 2.24) is 9.34 Å². The van der Waals surface area contributed by atoms with Gasteiger partial charge in [-0.15, -0.1) is 46.4 Å². The Labute approximate surface area is 231 Å². The van der Waals surface area contributed by atoms with Crippen LogP contribution in [0.3, 0.4) is 0 Å². The van der Waals surface area contributed by atoms with E-state index >= 15 is 0 Å². The van der Waals surface area contributed by atoms with E-state index in [1.54, 1.807) is 33.6 Å². The van der Waals surface area contributed by atoms with Crippen LogP contribution in [0.1, 0.15) is 5.56 Å². The molecule has 1 aromatic rings. The van der Waals surface area contributed by atoms with Gasteiger partial charge < -0.3 is 34.4 Å². The zero-order valence-corrected chi connectivity index (χ0v) is 23.5. The van der Waals surface area contributed by atoms with Gasteiger partial charge in [0.1, 0.15) is 30.2 Å². The van der Waals surface area contributed by atoms with Gasteiger partial charge >= 0.3 is 7.67 Å². The fourth-order valence-electron chi connectivity index (χ4n) is 3.58. The van der Waals surface area contributed by atoms with Gasteiger partial charge in [-0.25, -0.2) is 9.34 Å². The maximum absolute atomic E-state index is 14.1. The normalized spacial score (nSPS) is 25.0. The number of aliphatic hydroxyl groups is 4. The largest absolute Gasteiger partial charge is 0.462 e. The van der Waals surface area contributed by atoms with Gasteiger partial charge in [-0.05, 0) is 17.7 Å². The molecule has 36 heavy (non-hydrogen) atoms. The molecule has 1 aliphatic rings. The number of rotatable bonds is 16. The predicted octanol–water partition coefficient (Wildman–Crippen LogP) is 2.05. The van der Waals surface area contributed by atoms with Crippen molar-refractivity contribution in [3.63, 3.8) is 0 Å². The SMILES string of the molecule is O=P(OCc1ccc(O[C@@H]2O[C@H](CO)[C@H](O)[C@H](O)[C@H]2O)cc1)(N(CCCl)CCCl)N(CCCl)CCCl. The Bertz CT molecular complexity index is 781. The summed E-state index contributed by atoms with van der Waals surface area (Å²) in [7, 11) is -3.57. The minimum absolute atomic E-state index is 0.0141. The van der Waals surface area contributed by atoms with E-state index in [0.29, 0.717) is 37.5 Å². The molecule has 2 rings (SSSR count). The van der Waals surface area contributed by atoms with Crippen LogP contribution in [0.15, 0.2) is 24.3 Å². The number of nitrogens with zero attached hydrogens (tertiary/aromatic N) is 2. The van der Waals surface area contributed by atoms with Crippen LogP contribution >= 0.6 is 54.1 Å². The lowest BCUT2D eigenvalue weighted by molar-refractivity contribution is -0.277. The molecule has 15 heteroatoms. The summed E-state index contributed by atoms with van der Waals surface area (Å²) in [5.41, 5.74) is 0.671. The monoisotopic (exact) mass is 612 g/mol. The first-order chi connectivity index (χ1) is 17.2. The highest BCUT2D eigenvalue weighted by molar-refractivity contribution is 7.54. The molecule has 0 amide bonds. The molecule has 0 radical (unpaired) electrons. The van der Waals surface area contributed by atoms with Crippen LogP contribution in [0.4, 0.5) is 0 Å². The van der Waals surface area contributed by atoms with Gasteiger partial charge in [-0.2, -0.15) is 0 Å². The second-order valence-electron chi connectivity index (χ2n) is 7.89. The van der Waals surface area contributed by atoms with Crippen molar-refractivity contribution < 1.29 is 39.0 Å². The molecule has 0 aromatic heterocycles. The molecule has 0 bridgehead atoms. The number of alkyl halides is 4. The fraction of sp³-hybridized carbons (Fsp3) is 0.714. The summed E-state index contributed by atoms with van der Waals surface area (Å²) in [6, 6.07) is 6.50. The standard InChI is InChI=1S/C21H33Cl4N2O8P/c22-5-9-26(10-6-23)36(32,27(11-7-24)12-8-25)33-14-15-1-3-16(4-2-15)34-21-20(31)19(30)18(29)17(13-28)35-21/h1-4,17-21,28-31H,5-14H2/t17-,18+,19+,20-,21-/m1/s1. The van der Waals surface area contributed by atoms with Gasteiger partial charge in [0.25, 0.3) is 0 Å². The minimum atomic E-state index is -3.57. The Kier molecular flexibility index (Phi) is 14.6. The van der Waals surface area contributed by atoms with E-state index in [1.807, 2.05) is 0 Å². The third-order valence-corrected chi connectivity index (χ3v) is 8.88. The highest BCUT2D eigenvalue weighted by atomic mass is 35.5. The van der Waals surface area contributed by atoms with Crippen molar-refractivity contribution in [1.29, 1.82) is 0 Å². The van der Waals surface area contributed by atoms with E-state index in [0.717, 1.165) is 0 Å². The summed E-state index contributed by atoms with van der Waals surface area (Å²) in [6.07, 6.45) is -6.93. The maximum atomic E-state index is 14.1. The van der Waals surface area contributed by atoms with E-state index in [2.05, 4.69) is 0 Å². The zero-order chi connectivity index (χ0) is 26.7. The lowest BCUT2D eigenvalue weighted by atomic mass is 9.99. The van der Waals surface area contributed by atoms with Crippen molar-refractivity contribution in [3.05, 3.63) is 29.8 Å². The van der Waals surface area contributed by atoms with Crippen molar-refractivity contribution in [3.8, 4) is 5.75 Å². The Morgan fingerprint density at radius 1 is 0.833 bits per heavy atom. The van der Waals surface area contributed by atoms with Crippen LogP contribution in [0.5, 0.6) is 5.75 Å². The van der Waals surface area contributed by atoms with Crippen LogP contribution in [-0.4, -0.2) is 117 Å². The first-order valence-electron chi connectivity index (χ1n) is 11.3. The third kappa shape index (κ3) is 8.55. The molecule has 10 nitrogen and oxygen atoms in total. The topological polar surface area (TPSA) is 132 Å². The summed E-state index contributed by atoms with van der Waals surface area (Å²) in [5, 5.41) is 39.3. The highest BCUT2D eigenvalue weighted by Crippen LogP contribution is 2.54. The molecule has 0 unspecified atom stereocenters. The predicted molar refractivity (Wildman–Crippen MR) is 139 cm³/mol. The van der Waals surface area contributed by atoms with Crippen molar-refractivity contribution in [2.45, 2.75) is 37.3 Å². The van der Waals surface area contributed by atoms with Gasteiger partial charge in [0, 0.05) is 49.7 Å². The van der Waals surface area contributed by atoms with Gasteiger partial charge in [0.15, 0.2) is 0 Å². The molecule has 5 atom stereocenters. The number of ether oxygens (including phenoxy) is 2. The smallest absolute Gasteiger partial charge is 0.346 e. The molecule has 1 saturated heterocycles. The fourth-order valence-corrected chi connectivity index (χ4v) is 7.28. The van der Waals surface area contributed by atoms with Crippen LogP contribution in [-0.2, 0) is 20.4 Å². The van der Waals surface area contributed by atoms with Crippen molar-refractivity contribution in [2.75, 3.05) is 56.3 Å². The molecule has 1 fully saturated rings. The molecular weight excluding hydrogens is 581 g/mol. The quantitative estimate of drug-likeness (QED) is 0.162. The molecule has 0 aliphatic carbocycles. The third-order valence-electron chi connectivity index (χ3n) is 5.51. The summed E-state index contributed by atoms with van der Waals surface area (Å²) in [5.74, 6) is 1.20. The maximum Gasteiger partial charge on any atom is 0.346 e. The van der Waals surface area contributed by atoms with Crippen molar-refractivity contribution in [2.24, 2.45) is 0 Å². The number of hydrogen-bond acceptors (Lipinski definition) is 8. The number of halogens is 4. The molecule has 1 heterocycles.